The fourth-order valence-corrected chi connectivity index (χ4v) is 2.28. The molecule has 0 N–H and O–H groups in total. The topological polar surface area (TPSA) is 9.23 Å². The first-order chi connectivity index (χ1) is 5.83. The molecule has 0 saturated heterocycles. The van der Waals surface area contributed by atoms with Gasteiger partial charge in [0.15, 0.2) is 0 Å². The molecule has 0 heterocycles. The molecule has 1 aliphatic rings. The maximum Gasteiger partial charge on any atom is 0.0533 e. The van der Waals surface area contributed by atoms with Crippen molar-refractivity contribution in [2.24, 2.45) is 5.41 Å². The van der Waals surface area contributed by atoms with Crippen LogP contribution in [0, 0.1) is 5.41 Å². The summed E-state index contributed by atoms with van der Waals surface area (Å²) in [5, 5.41) is 0. The van der Waals surface area contributed by atoms with Crippen molar-refractivity contribution in [3.05, 3.63) is 0 Å². The van der Waals surface area contributed by atoms with E-state index in [0.29, 0.717) is 5.41 Å². The fraction of sp³-hybridized carbons (Fsp3) is 1.00. The van der Waals surface area contributed by atoms with E-state index in [1.807, 2.05) is 6.92 Å². The second-order valence-electron chi connectivity index (χ2n) is 3.83. The zero-order valence-corrected chi connectivity index (χ0v) is 8.70. The zero-order valence-electron chi connectivity index (χ0n) is 7.94. The van der Waals surface area contributed by atoms with E-state index in [2.05, 4.69) is 0 Å². The summed E-state index contributed by atoms with van der Waals surface area (Å²) in [7, 11) is 0. The van der Waals surface area contributed by atoms with Gasteiger partial charge in [-0.3, -0.25) is 0 Å². The molecular formula is C10H19ClO. The van der Waals surface area contributed by atoms with Gasteiger partial charge in [0.05, 0.1) is 6.61 Å². The van der Waals surface area contributed by atoms with Gasteiger partial charge in [-0.05, 0) is 19.8 Å². The van der Waals surface area contributed by atoms with Gasteiger partial charge in [-0.15, -0.1) is 11.6 Å². The van der Waals surface area contributed by atoms with Gasteiger partial charge < -0.3 is 4.74 Å². The quantitative estimate of drug-likeness (QED) is 0.619. The lowest BCUT2D eigenvalue weighted by Gasteiger charge is -2.35. The highest BCUT2D eigenvalue weighted by atomic mass is 35.5. The first-order valence-corrected chi connectivity index (χ1v) is 5.50. The molecule has 0 atom stereocenters. The predicted molar refractivity (Wildman–Crippen MR) is 52.7 cm³/mol. The van der Waals surface area contributed by atoms with Crippen LogP contribution in [-0.2, 0) is 4.74 Å². The largest absolute Gasteiger partial charge is 0.381 e. The van der Waals surface area contributed by atoms with Crippen molar-refractivity contribution in [3.63, 3.8) is 0 Å². The highest BCUT2D eigenvalue weighted by molar-refractivity contribution is 6.18. The highest BCUT2D eigenvalue weighted by Gasteiger charge is 2.31. The second-order valence-corrected chi connectivity index (χ2v) is 4.10. The Labute approximate surface area is 80.4 Å². The summed E-state index contributed by atoms with van der Waals surface area (Å²) in [6, 6.07) is 0. The van der Waals surface area contributed by atoms with Gasteiger partial charge in [-0.25, -0.2) is 0 Å². The van der Waals surface area contributed by atoms with E-state index in [1.165, 1.54) is 32.1 Å². The first kappa shape index (κ1) is 10.3. The average molecular weight is 191 g/mol. The summed E-state index contributed by atoms with van der Waals surface area (Å²) >= 11 is 5.99. The predicted octanol–water partition coefficient (Wildman–Crippen LogP) is 3.21. The van der Waals surface area contributed by atoms with Crippen LogP contribution in [0.25, 0.3) is 0 Å². The van der Waals surface area contributed by atoms with E-state index in [9.17, 15) is 0 Å². The van der Waals surface area contributed by atoms with Crippen molar-refractivity contribution in [1.82, 2.24) is 0 Å². The normalized spacial score (nSPS) is 22.5. The van der Waals surface area contributed by atoms with Crippen LogP contribution >= 0.6 is 11.6 Å². The molecule has 1 aliphatic carbocycles. The molecule has 12 heavy (non-hydrogen) atoms. The highest BCUT2D eigenvalue weighted by Crippen LogP contribution is 2.37. The lowest BCUT2D eigenvalue weighted by Crippen LogP contribution is -2.31. The lowest BCUT2D eigenvalue weighted by atomic mass is 9.76. The number of ether oxygens (including phenoxy) is 1. The minimum Gasteiger partial charge on any atom is -0.381 e. The summed E-state index contributed by atoms with van der Waals surface area (Å²) in [4.78, 5) is 0. The van der Waals surface area contributed by atoms with Crippen molar-refractivity contribution in [3.8, 4) is 0 Å². The minimum absolute atomic E-state index is 0.315. The SMILES string of the molecule is CCOCC1(CCl)CCCCC1. The van der Waals surface area contributed by atoms with Gasteiger partial charge in [0.1, 0.15) is 0 Å². The number of halogens is 1. The van der Waals surface area contributed by atoms with E-state index in [-0.39, 0.29) is 0 Å². The molecule has 1 nitrogen and oxygen atoms in total. The summed E-state index contributed by atoms with van der Waals surface area (Å²) in [5.74, 6) is 0.771. The van der Waals surface area contributed by atoms with Crippen molar-refractivity contribution >= 4 is 11.6 Å². The van der Waals surface area contributed by atoms with Crippen molar-refractivity contribution in [2.45, 2.75) is 39.0 Å². The Morgan fingerprint density at radius 1 is 1.25 bits per heavy atom. The van der Waals surface area contributed by atoms with Crippen LogP contribution < -0.4 is 0 Å². The van der Waals surface area contributed by atoms with E-state index in [0.717, 1.165) is 19.1 Å². The number of hydrogen-bond acceptors (Lipinski definition) is 1. The number of alkyl halides is 1. The molecule has 2 heteroatoms. The van der Waals surface area contributed by atoms with Crippen LogP contribution in [-0.4, -0.2) is 19.1 Å². The number of rotatable bonds is 4. The Bertz CT molecular complexity index is 119. The van der Waals surface area contributed by atoms with E-state index in [4.69, 9.17) is 16.3 Å². The fourth-order valence-electron chi connectivity index (χ4n) is 1.94. The van der Waals surface area contributed by atoms with E-state index in [1.54, 1.807) is 0 Å². The molecule has 1 fully saturated rings. The molecule has 0 aromatic carbocycles. The third-order valence-electron chi connectivity index (χ3n) is 2.81. The Morgan fingerprint density at radius 3 is 2.42 bits per heavy atom. The van der Waals surface area contributed by atoms with Gasteiger partial charge in [0, 0.05) is 17.9 Å². The molecule has 0 spiro atoms. The maximum atomic E-state index is 5.99. The smallest absolute Gasteiger partial charge is 0.0533 e. The van der Waals surface area contributed by atoms with Crippen LogP contribution in [0.1, 0.15) is 39.0 Å². The third kappa shape index (κ3) is 2.63. The average Bonchev–Trinajstić information content (AvgIpc) is 2.16. The van der Waals surface area contributed by atoms with Gasteiger partial charge in [-0.2, -0.15) is 0 Å². The Hall–Kier alpha value is 0.250. The van der Waals surface area contributed by atoms with Crippen LogP contribution in [0.3, 0.4) is 0 Å². The Kier molecular flexibility index (Phi) is 4.38. The van der Waals surface area contributed by atoms with Crippen molar-refractivity contribution in [2.75, 3.05) is 19.1 Å². The van der Waals surface area contributed by atoms with E-state index >= 15 is 0 Å². The summed E-state index contributed by atoms with van der Waals surface area (Å²) < 4.78 is 5.48. The molecule has 0 aromatic rings. The van der Waals surface area contributed by atoms with E-state index < -0.39 is 0 Å². The number of hydrogen-bond donors (Lipinski definition) is 0. The summed E-state index contributed by atoms with van der Waals surface area (Å²) in [6.07, 6.45) is 6.57. The van der Waals surface area contributed by atoms with Gasteiger partial charge in [0.25, 0.3) is 0 Å². The van der Waals surface area contributed by atoms with Crippen LogP contribution in [0.4, 0.5) is 0 Å². The molecule has 0 unspecified atom stereocenters. The van der Waals surface area contributed by atoms with Crippen LogP contribution in [0.5, 0.6) is 0 Å². The molecule has 1 rings (SSSR count). The molecule has 0 aromatic heterocycles. The summed E-state index contributed by atoms with van der Waals surface area (Å²) in [6.45, 7) is 3.73. The minimum atomic E-state index is 0.315. The van der Waals surface area contributed by atoms with Crippen LogP contribution in [0.2, 0.25) is 0 Å². The molecule has 0 bridgehead atoms. The maximum absolute atomic E-state index is 5.99. The second kappa shape index (κ2) is 5.08. The molecule has 0 aliphatic heterocycles. The standard InChI is InChI=1S/C10H19ClO/c1-2-12-9-10(8-11)6-4-3-5-7-10/h2-9H2,1H3. The monoisotopic (exact) mass is 190 g/mol. The Balaban J connectivity index is 2.37. The van der Waals surface area contributed by atoms with Crippen LogP contribution in [0.15, 0.2) is 0 Å². The lowest BCUT2D eigenvalue weighted by molar-refractivity contribution is 0.0400. The molecule has 1 saturated carbocycles. The van der Waals surface area contributed by atoms with Gasteiger partial charge in [0.2, 0.25) is 0 Å². The molecule has 0 amide bonds. The summed E-state index contributed by atoms with van der Waals surface area (Å²) in [5.41, 5.74) is 0.315. The molecular weight excluding hydrogens is 172 g/mol. The van der Waals surface area contributed by atoms with Gasteiger partial charge >= 0.3 is 0 Å². The molecule has 72 valence electrons. The first-order valence-electron chi connectivity index (χ1n) is 4.97. The third-order valence-corrected chi connectivity index (χ3v) is 3.38. The zero-order chi connectivity index (χ0) is 8.86. The van der Waals surface area contributed by atoms with Gasteiger partial charge in [-0.1, -0.05) is 19.3 Å². The molecule has 0 radical (unpaired) electrons. The van der Waals surface area contributed by atoms with Crippen molar-refractivity contribution in [1.29, 1.82) is 0 Å². The van der Waals surface area contributed by atoms with Crippen molar-refractivity contribution < 1.29 is 4.74 Å². The Morgan fingerprint density at radius 2 is 1.92 bits per heavy atom.